The average molecular weight is 327 g/mol. The maximum absolute atomic E-state index is 12.0. The summed E-state index contributed by atoms with van der Waals surface area (Å²) in [7, 11) is 1.97. The number of carbonyl (C=O) groups is 1. The number of amides is 1. The third kappa shape index (κ3) is 4.45. The van der Waals surface area contributed by atoms with Crippen LogP contribution in [0.15, 0.2) is 48.8 Å². The number of aromatic nitrogens is 1. The molecule has 0 unspecified atom stereocenters. The highest BCUT2D eigenvalue weighted by Crippen LogP contribution is 2.30. The molecule has 0 saturated carbocycles. The Bertz CT molecular complexity index is 678. The van der Waals surface area contributed by atoms with Crippen molar-refractivity contribution in [1.82, 2.24) is 9.88 Å². The molecule has 1 aliphatic heterocycles. The van der Waals surface area contributed by atoms with Crippen LogP contribution in [0.25, 0.3) is 0 Å². The highest BCUT2D eigenvalue weighted by atomic mass is 16.6. The van der Waals surface area contributed by atoms with Crippen molar-refractivity contribution < 1.29 is 14.3 Å². The van der Waals surface area contributed by atoms with Crippen LogP contribution in [0, 0.1) is 0 Å². The van der Waals surface area contributed by atoms with Crippen molar-refractivity contribution in [3.63, 3.8) is 0 Å². The zero-order chi connectivity index (χ0) is 16.8. The van der Waals surface area contributed by atoms with Gasteiger partial charge in [0.1, 0.15) is 12.7 Å². The Labute approximate surface area is 141 Å². The summed E-state index contributed by atoms with van der Waals surface area (Å²) in [5, 5.41) is 2.83. The maximum Gasteiger partial charge on any atom is 0.225 e. The molecule has 0 bridgehead atoms. The third-order valence-electron chi connectivity index (χ3n) is 3.75. The quantitative estimate of drug-likeness (QED) is 0.881. The van der Waals surface area contributed by atoms with Gasteiger partial charge in [-0.25, -0.2) is 0 Å². The van der Waals surface area contributed by atoms with Crippen LogP contribution in [0.5, 0.6) is 11.5 Å². The van der Waals surface area contributed by atoms with Crippen molar-refractivity contribution >= 4 is 11.6 Å². The van der Waals surface area contributed by atoms with E-state index in [1.54, 1.807) is 18.5 Å². The fraction of sp³-hybridized carbons (Fsp3) is 0.333. The molecule has 1 N–H and O–H groups in total. The SMILES string of the molecule is CN(CCC(=O)Nc1cccnc1)C[C@@H]1COc2ccccc2O1. The smallest absolute Gasteiger partial charge is 0.225 e. The Hall–Kier alpha value is -2.60. The molecule has 0 aliphatic carbocycles. The summed E-state index contributed by atoms with van der Waals surface area (Å²) in [4.78, 5) is 18.0. The van der Waals surface area contributed by atoms with Crippen LogP contribution in [-0.4, -0.2) is 48.6 Å². The van der Waals surface area contributed by atoms with Gasteiger partial charge in [-0.3, -0.25) is 9.78 Å². The first kappa shape index (κ1) is 16.3. The number of carbonyl (C=O) groups excluding carboxylic acids is 1. The van der Waals surface area contributed by atoms with Crippen molar-refractivity contribution in [3.8, 4) is 11.5 Å². The number of fused-ring (bicyclic) bond motifs is 1. The summed E-state index contributed by atoms with van der Waals surface area (Å²) in [6.07, 6.45) is 3.68. The molecule has 1 aromatic carbocycles. The molecule has 1 atom stereocenters. The second kappa shape index (κ2) is 7.79. The number of likely N-dealkylation sites (N-methyl/N-ethyl adjacent to an activating group) is 1. The second-order valence-electron chi connectivity index (χ2n) is 5.80. The monoisotopic (exact) mass is 327 g/mol. The molecule has 1 amide bonds. The van der Waals surface area contributed by atoms with Crippen LogP contribution in [0.1, 0.15) is 6.42 Å². The molecule has 24 heavy (non-hydrogen) atoms. The van der Waals surface area contributed by atoms with E-state index in [0.29, 0.717) is 31.8 Å². The van der Waals surface area contributed by atoms with Gasteiger partial charge in [0, 0.05) is 25.7 Å². The molecule has 1 aromatic heterocycles. The predicted octanol–water partition coefficient (Wildman–Crippen LogP) is 2.18. The standard InChI is InChI=1S/C18H21N3O3/c1-21(10-8-18(22)20-14-5-4-9-19-11-14)12-15-13-23-16-6-2-3-7-17(16)24-15/h2-7,9,11,15H,8,10,12-13H2,1H3,(H,20,22)/t15-/m1/s1. The summed E-state index contributed by atoms with van der Waals surface area (Å²) in [5.41, 5.74) is 0.714. The van der Waals surface area contributed by atoms with E-state index >= 15 is 0 Å². The summed E-state index contributed by atoms with van der Waals surface area (Å²) >= 11 is 0. The van der Waals surface area contributed by atoms with Crippen LogP contribution < -0.4 is 14.8 Å². The lowest BCUT2D eigenvalue weighted by molar-refractivity contribution is -0.116. The number of nitrogens with zero attached hydrogens (tertiary/aromatic N) is 2. The van der Waals surface area contributed by atoms with Gasteiger partial charge in [-0.05, 0) is 31.3 Å². The Kier molecular flexibility index (Phi) is 5.28. The third-order valence-corrected chi connectivity index (χ3v) is 3.75. The highest BCUT2D eigenvalue weighted by molar-refractivity contribution is 5.90. The van der Waals surface area contributed by atoms with E-state index in [1.165, 1.54) is 0 Å². The van der Waals surface area contributed by atoms with Crippen LogP contribution in [0.2, 0.25) is 0 Å². The van der Waals surface area contributed by atoms with Gasteiger partial charge in [-0.15, -0.1) is 0 Å². The molecule has 2 aromatic rings. The fourth-order valence-electron chi connectivity index (χ4n) is 2.54. The van der Waals surface area contributed by atoms with Gasteiger partial charge in [-0.2, -0.15) is 0 Å². The van der Waals surface area contributed by atoms with Gasteiger partial charge in [0.05, 0.1) is 11.9 Å². The topological polar surface area (TPSA) is 63.7 Å². The first-order chi connectivity index (χ1) is 11.7. The number of benzene rings is 1. The lowest BCUT2D eigenvalue weighted by Gasteiger charge is -2.29. The van der Waals surface area contributed by atoms with Crippen molar-refractivity contribution in [2.24, 2.45) is 0 Å². The second-order valence-corrected chi connectivity index (χ2v) is 5.80. The molecule has 2 heterocycles. The average Bonchev–Trinajstić information content (AvgIpc) is 2.61. The number of nitrogens with one attached hydrogen (secondary N) is 1. The van der Waals surface area contributed by atoms with E-state index in [1.807, 2.05) is 37.4 Å². The van der Waals surface area contributed by atoms with Crippen LogP contribution in [0.4, 0.5) is 5.69 Å². The summed E-state index contributed by atoms with van der Waals surface area (Å²) in [5.74, 6) is 1.53. The maximum atomic E-state index is 12.0. The summed E-state index contributed by atoms with van der Waals surface area (Å²) < 4.78 is 11.6. The number of para-hydroxylation sites is 2. The zero-order valence-electron chi connectivity index (χ0n) is 13.6. The van der Waals surface area contributed by atoms with E-state index in [-0.39, 0.29) is 12.0 Å². The molecule has 126 valence electrons. The van der Waals surface area contributed by atoms with E-state index in [4.69, 9.17) is 9.47 Å². The molecule has 0 radical (unpaired) electrons. The van der Waals surface area contributed by atoms with Crippen LogP contribution in [0.3, 0.4) is 0 Å². The Balaban J connectivity index is 1.41. The molecular weight excluding hydrogens is 306 g/mol. The van der Waals surface area contributed by atoms with E-state index in [0.717, 1.165) is 11.5 Å². The highest BCUT2D eigenvalue weighted by Gasteiger charge is 2.21. The molecule has 0 saturated heterocycles. The number of hydrogen-bond acceptors (Lipinski definition) is 5. The van der Waals surface area contributed by atoms with Crippen LogP contribution in [-0.2, 0) is 4.79 Å². The van der Waals surface area contributed by atoms with Crippen LogP contribution >= 0.6 is 0 Å². The molecule has 6 nitrogen and oxygen atoms in total. The van der Waals surface area contributed by atoms with Crippen molar-refractivity contribution in [2.45, 2.75) is 12.5 Å². The minimum Gasteiger partial charge on any atom is -0.486 e. The van der Waals surface area contributed by atoms with E-state index in [9.17, 15) is 4.79 Å². The van der Waals surface area contributed by atoms with Crippen molar-refractivity contribution in [1.29, 1.82) is 0 Å². The van der Waals surface area contributed by atoms with Gasteiger partial charge < -0.3 is 19.7 Å². The number of rotatable bonds is 6. The molecule has 3 rings (SSSR count). The lowest BCUT2D eigenvalue weighted by Crippen LogP contribution is -2.40. The van der Waals surface area contributed by atoms with E-state index < -0.39 is 0 Å². The molecule has 1 aliphatic rings. The summed E-state index contributed by atoms with van der Waals surface area (Å²) in [6, 6.07) is 11.3. The fourth-order valence-corrected chi connectivity index (χ4v) is 2.54. The Morgan fingerprint density at radius 2 is 2.12 bits per heavy atom. The number of ether oxygens (including phenoxy) is 2. The number of anilines is 1. The minimum atomic E-state index is -0.0358. The zero-order valence-corrected chi connectivity index (χ0v) is 13.6. The van der Waals surface area contributed by atoms with Crippen molar-refractivity contribution in [2.75, 3.05) is 32.1 Å². The normalized spacial score (nSPS) is 16.0. The van der Waals surface area contributed by atoms with Gasteiger partial charge in [-0.1, -0.05) is 12.1 Å². The molecular formula is C18H21N3O3. The summed E-state index contributed by atoms with van der Waals surface area (Å²) in [6.45, 7) is 1.87. The van der Waals surface area contributed by atoms with Gasteiger partial charge in [0.15, 0.2) is 11.5 Å². The van der Waals surface area contributed by atoms with E-state index in [2.05, 4.69) is 15.2 Å². The Morgan fingerprint density at radius 1 is 1.29 bits per heavy atom. The predicted molar refractivity (Wildman–Crippen MR) is 91.3 cm³/mol. The van der Waals surface area contributed by atoms with Crippen molar-refractivity contribution in [3.05, 3.63) is 48.8 Å². The number of hydrogen-bond donors (Lipinski definition) is 1. The Morgan fingerprint density at radius 3 is 2.92 bits per heavy atom. The molecule has 6 heteroatoms. The number of pyridine rings is 1. The first-order valence-corrected chi connectivity index (χ1v) is 7.97. The lowest BCUT2D eigenvalue weighted by atomic mass is 10.2. The molecule has 0 spiro atoms. The van der Waals surface area contributed by atoms with Gasteiger partial charge in [0.25, 0.3) is 0 Å². The first-order valence-electron chi connectivity index (χ1n) is 7.97. The van der Waals surface area contributed by atoms with Gasteiger partial charge in [0.2, 0.25) is 5.91 Å². The molecule has 0 fully saturated rings. The minimum absolute atomic E-state index is 0.0268. The largest absolute Gasteiger partial charge is 0.486 e. The van der Waals surface area contributed by atoms with Gasteiger partial charge >= 0.3 is 0 Å².